The van der Waals surface area contributed by atoms with Gasteiger partial charge in [0.15, 0.2) is 16.3 Å². The molecule has 0 fully saturated rings. The first-order valence-corrected chi connectivity index (χ1v) is 14.4. The maximum atomic E-state index is 13.9. The quantitative estimate of drug-likeness (QED) is 0.284. The number of rotatable bonds is 9. The van der Waals surface area contributed by atoms with Gasteiger partial charge in [0.05, 0.1) is 41.1 Å². The van der Waals surface area contributed by atoms with Crippen molar-refractivity contribution < 1.29 is 28.9 Å². The summed E-state index contributed by atoms with van der Waals surface area (Å²) in [6.07, 6.45) is 1.76. The standard InChI is InChI=1S/C33H30N2O7S/c1-5-41-32(39)28-20(3)34-33-35(29(28)23-11-6-19(2)7-12-23)30(36)27(43-33)17-22-10-15-25(26(16-22)40-4)42-18-21-8-13-24(14-9-21)31(37)38/h6-17,29H,5,18H2,1-4H3,(H,37,38)/b27-17+/t29-/m1/s1. The van der Waals surface area contributed by atoms with Gasteiger partial charge in [0.2, 0.25) is 0 Å². The van der Waals surface area contributed by atoms with Gasteiger partial charge >= 0.3 is 11.9 Å². The summed E-state index contributed by atoms with van der Waals surface area (Å²) >= 11 is 1.25. The summed E-state index contributed by atoms with van der Waals surface area (Å²) in [5.74, 6) is -0.515. The van der Waals surface area contributed by atoms with Crippen molar-refractivity contribution >= 4 is 29.4 Å². The van der Waals surface area contributed by atoms with E-state index in [0.29, 0.717) is 37.7 Å². The minimum absolute atomic E-state index is 0.202. The molecule has 5 rings (SSSR count). The fourth-order valence-corrected chi connectivity index (χ4v) is 5.85. The van der Waals surface area contributed by atoms with E-state index in [1.165, 1.54) is 30.6 Å². The Morgan fingerprint density at radius 2 is 1.74 bits per heavy atom. The van der Waals surface area contributed by atoms with Crippen LogP contribution in [0.5, 0.6) is 11.5 Å². The Bertz CT molecular complexity index is 1900. The predicted octanol–water partition coefficient (Wildman–Crippen LogP) is 4.39. The fourth-order valence-electron chi connectivity index (χ4n) is 4.80. The van der Waals surface area contributed by atoms with E-state index >= 15 is 0 Å². The van der Waals surface area contributed by atoms with Crippen LogP contribution >= 0.6 is 11.3 Å². The minimum atomic E-state index is -0.989. The molecule has 2 heterocycles. The fraction of sp³-hybridized carbons (Fsp3) is 0.212. The van der Waals surface area contributed by atoms with E-state index in [1.54, 1.807) is 48.8 Å². The molecule has 0 saturated carbocycles. The number of aromatic nitrogens is 1. The topological polar surface area (TPSA) is 116 Å². The molecule has 0 bridgehead atoms. The van der Waals surface area contributed by atoms with Crippen molar-refractivity contribution in [3.63, 3.8) is 0 Å². The number of carbonyl (C=O) groups excluding carboxylic acids is 1. The Morgan fingerprint density at radius 3 is 2.40 bits per heavy atom. The first kappa shape index (κ1) is 29.5. The van der Waals surface area contributed by atoms with Crippen LogP contribution in [0.2, 0.25) is 0 Å². The summed E-state index contributed by atoms with van der Waals surface area (Å²) < 4.78 is 18.9. The van der Waals surface area contributed by atoms with Gasteiger partial charge in [0.1, 0.15) is 6.61 Å². The molecular formula is C33H30N2O7S. The molecule has 1 N–H and O–H groups in total. The van der Waals surface area contributed by atoms with Crippen molar-refractivity contribution in [2.45, 2.75) is 33.4 Å². The largest absolute Gasteiger partial charge is 0.493 e. The smallest absolute Gasteiger partial charge is 0.338 e. The summed E-state index contributed by atoms with van der Waals surface area (Å²) in [6.45, 7) is 5.90. The summed E-state index contributed by atoms with van der Waals surface area (Å²) in [5, 5.41) is 9.09. The lowest BCUT2D eigenvalue weighted by Gasteiger charge is -2.24. The third-order valence-corrected chi connectivity index (χ3v) is 7.97. The van der Waals surface area contributed by atoms with Crippen molar-refractivity contribution in [3.05, 3.63) is 126 Å². The van der Waals surface area contributed by atoms with Crippen molar-refractivity contribution in [2.75, 3.05) is 13.7 Å². The molecule has 1 aliphatic rings. The lowest BCUT2D eigenvalue weighted by atomic mass is 9.95. The lowest BCUT2D eigenvalue weighted by Crippen LogP contribution is -2.39. The molecule has 0 spiro atoms. The van der Waals surface area contributed by atoms with Crippen LogP contribution < -0.4 is 24.4 Å². The van der Waals surface area contributed by atoms with Gasteiger partial charge in [-0.1, -0.05) is 59.4 Å². The first-order chi connectivity index (χ1) is 20.7. The molecule has 1 aromatic heterocycles. The van der Waals surface area contributed by atoms with Crippen LogP contribution in [0, 0.1) is 6.92 Å². The zero-order valence-corrected chi connectivity index (χ0v) is 24.9. The number of carbonyl (C=O) groups is 2. The number of ether oxygens (including phenoxy) is 3. The van der Waals surface area contributed by atoms with E-state index in [2.05, 4.69) is 4.99 Å². The Labute approximate surface area is 251 Å². The van der Waals surface area contributed by atoms with E-state index in [1.807, 2.05) is 37.3 Å². The molecule has 0 saturated heterocycles. The molecule has 0 amide bonds. The Kier molecular flexibility index (Phi) is 8.58. The maximum Gasteiger partial charge on any atom is 0.338 e. The number of nitrogens with zero attached hydrogens (tertiary/aromatic N) is 2. The van der Waals surface area contributed by atoms with Crippen LogP contribution in [0.1, 0.15) is 52.5 Å². The van der Waals surface area contributed by atoms with Gasteiger partial charge < -0.3 is 19.3 Å². The number of hydrogen-bond donors (Lipinski definition) is 1. The first-order valence-electron chi connectivity index (χ1n) is 13.6. The normalized spacial score (nSPS) is 14.6. The van der Waals surface area contributed by atoms with E-state index < -0.39 is 18.0 Å². The van der Waals surface area contributed by atoms with Crippen molar-refractivity contribution in [3.8, 4) is 11.5 Å². The van der Waals surface area contributed by atoms with Crippen LogP contribution in [0.4, 0.5) is 0 Å². The monoisotopic (exact) mass is 598 g/mol. The van der Waals surface area contributed by atoms with Gasteiger partial charge in [0, 0.05) is 0 Å². The molecule has 9 nitrogen and oxygen atoms in total. The van der Waals surface area contributed by atoms with Crippen LogP contribution in [-0.4, -0.2) is 35.3 Å². The van der Waals surface area contributed by atoms with E-state index in [0.717, 1.165) is 16.7 Å². The van der Waals surface area contributed by atoms with Crippen molar-refractivity contribution in [1.82, 2.24) is 4.57 Å². The van der Waals surface area contributed by atoms with Crippen LogP contribution in [0.15, 0.2) is 87.8 Å². The van der Waals surface area contributed by atoms with Crippen molar-refractivity contribution in [2.24, 2.45) is 4.99 Å². The van der Waals surface area contributed by atoms with Gasteiger partial charge in [-0.05, 0) is 67.8 Å². The number of carboxylic acids is 1. The second-order valence-electron chi connectivity index (χ2n) is 9.91. The molecule has 220 valence electrons. The number of thiazole rings is 1. The molecule has 0 unspecified atom stereocenters. The number of carboxylic acid groups (broad SMARTS) is 1. The average molecular weight is 599 g/mol. The SMILES string of the molecule is CCOC(=O)C1=C(C)N=c2s/c(=C/c3ccc(OCc4ccc(C(=O)O)cc4)c(OC)c3)c(=O)n2[C@@H]1c1ccc(C)cc1. The average Bonchev–Trinajstić information content (AvgIpc) is 3.30. The lowest BCUT2D eigenvalue weighted by molar-refractivity contribution is -0.139. The minimum Gasteiger partial charge on any atom is -0.493 e. The van der Waals surface area contributed by atoms with Crippen LogP contribution in [-0.2, 0) is 16.1 Å². The summed E-state index contributed by atoms with van der Waals surface area (Å²) in [6, 6.07) is 18.8. The molecular weight excluding hydrogens is 568 g/mol. The highest BCUT2D eigenvalue weighted by atomic mass is 32.1. The van der Waals surface area contributed by atoms with Gasteiger partial charge in [-0.15, -0.1) is 0 Å². The molecule has 0 radical (unpaired) electrons. The number of aromatic carboxylic acids is 1. The summed E-state index contributed by atoms with van der Waals surface area (Å²) in [5.41, 5.74) is 4.15. The Morgan fingerprint density at radius 1 is 1.02 bits per heavy atom. The zero-order valence-electron chi connectivity index (χ0n) is 24.1. The molecule has 0 aliphatic carbocycles. The third-order valence-electron chi connectivity index (χ3n) is 6.99. The second-order valence-corrected chi connectivity index (χ2v) is 10.9. The number of fused-ring (bicyclic) bond motifs is 1. The predicted molar refractivity (Wildman–Crippen MR) is 162 cm³/mol. The molecule has 1 atom stereocenters. The molecule has 4 aromatic rings. The molecule has 10 heteroatoms. The van der Waals surface area contributed by atoms with E-state index in [-0.39, 0.29) is 24.3 Å². The van der Waals surface area contributed by atoms with E-state index in [9.17, 15) is 14.4 Å². The number of allylic oxidation sites excluding steroid dienone is 1. The van der Waals surface area contributed by atoms with Crippen LogP contribution in [0.3, 0.4) is 0 Å². The summed E-state index contributed by atoms with van der Waals surface area (Å²) in [7, 11) is 1.53. The highest BCUT2D eigenvalue weighted by Crippen LogP contribution is 2.31. The van der Waals surface area contributed by atoms with Crippen molar-refractivity contribution in [1.29, 1.82) is 0 Å². The highest BCUT2D eigenvalue weighted by Gasteiger charge is 2.33. The second kappa shape index (κ2) is 12.5. The van der Waals surface area contributed by atoms with Gasteiger partial charge in [-0.3, -0.25) is 9.36 Å². The summed E-state index contributed by atoms with van der Waals surface area (Å²) in [4.78, 5) is 43.1. The maximum absolute atomic E-state index is 13.9. The van der Waals surface area contributed by atoms with E-state index in [4.69, 9.17) is 19.3 Å². The highest BCUT2D eigenvalue weighted by molar-refractivity contribution is 7.07. The van der Waals surface area contributed by atoms with Gasteiger partial charge in [-0.2, -0.15) is 0 Å². The molecule has 1 aliphatic heterocycles. The number of aryl methyl sites for hydroxylation is 1. The number of esters is 1. The van der Waals surface area contributed by atoms with Gasteiger partial charge in [-0.25, -0.2) is 14.6 Å². The Balaban J connectivity index is 1.50. The number of benzene rings is 3. The third kappa shape index (κ3) is 6.14. The number of hydrogen-bond acceptors (Lipinski definition) is 8. The Hall–Kier alpha value is -4.96. The zero-order chi connectivity index (χ0) is 30.7. The molecule has 3 aromatic carbocycles. The molecule has 43 heavy (non-hydrogen) atoms. The number of methoxy groups -OCH3 is 1. The van der Waals surface area contributed by atoms with Crippen LogP contribution in [0.25, 0.3) is 6.08 Å². The van der Waals surface area contributed by atoms with Gasteiger partial charge in [0.25, 0.3) is 5.56 Å².